The van der Waals surface area contributed by atoms with Crippen molar-refractivity contribution in [2.75, 3.05) is 46.9 Å². The fourth-order valence-electron chi connectivity index (χ4n) is 5.25. The molecule has 1 fully saturated rings. The molecule has 1 saturated heterocycles. The van der Waals surface area contributed by atoms with Crippen LogP contribution in [0.2, 0.25) is 0 Å². The molecule has 7 heteroatoms. The fraction of sp³-hybridized carbons (Fsp3) is 0.500. The molecule has 2 aliphatic rings. The van der Waals surface area contributed by atoms with Crippen molar-refractivity contribution < 1.29 is 19.1 Å². The first-order valence-corrected chi connectivity index (χ1v) is 12.6. The monoisotopic (exact) mass is 479 g/mol. The van der Waals surface area contributed by atoms with E-state index in [9.17, 15) is 9.59 Å². The number of fused-ring (bicyclic) bond motifs is 1. The minimum absolute atomic E-state index is 0.0983. The fourth-order valence-corrected chi connectivity index (χ4v) is 5.25. The van der Waals surface area contributed by atoms with Crippen LogP contribution in [0, 0.1) is 0 Å². The van der Waals surface area contributed by atoms with Gasteiger partial charge >= 0.3 is 0 Å². The topological polar surface area (TPSA) is 62.3 Å². The van der Waals surface area contributed by atoms with Crippen LogP contribution in [-0.2, 0) is 17.8 Å². The van der Waals surface area contributed by atoms with Gasteiger partial charge in [-0.15, -0.1) is 0 Å². The second-order valence-corrected chi connectivity index (χ2v) is 9.40. The maximum absolute atomic E-state index is 13.3. The van der Waals surface area contributed by atoms with Gasteiger partial charge in [-0.3, -0.25) is 14.5 Å². The van der Waals surface area contributed by atoms with Crippen LogP contribution in [0.5, 0.6) is 11.5 Å². The van der Waals surface area contributed by atoms with Crippen molar-refractivity contribution in [1.29, 1.82) is 0 Å². The molecule has 2 amide bonds. The van der Waals surface area contributed by atoms with E-state index in [2.05, 4.69) is 11.8 Å². The van der Waals surface area contributed by atoms with E-state index in [-0.39, 0.29) is 11.8 Å². The van der Waals surface area contributed by atoms with Gasteiger partial charge < -0.3 is 19.3 Å². The Morgan fingerprint density at radius 3 is 2.23 bits per heavy atom. The number of nitrogens with zero attached hydrogens (tertiary/aromatic N) is 3. The van der Waals surface area contributed by atoms with Crippen LogP contribution in [0.25, 0.3) is 0 Å². The van der Waals surface area contributed by atoms with Crippen LogP contribution in [0.3, 0.4) is 0 Å². The minimum atomic E-state index is 0.0983. The SMILES string of the molecule is CCCN(CC(=O)N1CCc2cc(OC)c(OC)cc2C1)C1CCN(C(=O)c2ccccc2)CC1. The van der Waals surface area contributed by atoms with Crippen molar-refractivity contribution >= 4 is 11.8 Å². The van der Waals surface area contributed by atoms with Crippen LogP contribution < -0.4 is 9.47 Å². The Hall–Kier alpha value is -3.06. The van der Waals surface area contributed by atoms with Gasteiger partial charge in [0.25, 0.3) is 5.91 Å². The van der Waals surface area contributed by atoms with Crippen molar-refractivity contribution in [3.8, 4) is 11.5 Å². The normalized spacial score (nSPS) is 16.2. The molecular weight excluding hydrogens is 442 g/mol. The number of likely N-dealkylation sites (tertiary alicyclic amines) is 1. The molecule has 0 radical (unpaired) electrons. The molecule has 188 valence electrons. The van der Waals surface area contributed by atoms with Crippen LogP contribution in [-0.4, -0.2) is 79.5 Å². The van der Waals surface area contributed by atoms with E-state index in [1.54, 1.807) is 14.2 Å². The zero-order valence-corrected chi connectivity index (χ0v) is 21.2. The molecule has 0 N–H and O–H groups in total. The van der Waals surface area contributed by atoms with E-state index in [0.717, 1.165) is 62.2 Å². The highest BCUT2D eigenvalue weighted by Gasteiger charge is 2.30. The molecule has 2 aliphatic heterocycles. The molecule has 0 bridgehead atoms. The number of piperidine rings is 1. The number of carbonyl (C=O) groups excluding carboxylic acids is 2. The van der Waals surface area contributed by atoms with Crippen molar-refractivity contribution in [1.82, 2.24) is 14.7 Å². The second kappa shape index (κ2) is 11.6. The number of hydrogen-bond acceptors (Lipinski definition) is 5. The van der Waals surface area contributed by atoms with Gasteiger partial charge in [0.05, 0.1) is 20.8 Å². The molecule has 2 aromatic carbocycles. The molecule has 2 aromatic rings. The summed E-state index contributed by atoms with van der Waals surface area (Å²) in [6.45, 7) is 6.23. The lowest BCUT2D eigenvalue weighted by Crippen LogP contribution is -2.50. The summed E-state index contributed by atoms with van der Waals surface area (Å²) < 4.78 is 10.9. The van der Waals surface area contributed by atoms with E-state index in [0.29, 0.717) is 31.4 Å². The van der Waals surface area contributed by atoms with Gasteiger partial charge in [-0.25, -0.2) is 0 Å². The third-order valence-electron chi connectivity index (χ3n) is 7.21. The van der Waals surface area contributed by atoms with Gasteiger partial charge in [-0.05, 0) is 67.6 Å². The molecule has 0 saturated carbocycles. The van der Waals surface area contributed by atoms with E-state index in [1.165, 1.54) is 5.56 Å². The summed E-state index contributed by atoms with van der Waals surface area (Å²) >= 11 is 0. The Kier molecular flexibility index (Phi) is 8.29. The van der Waals surface area contributed by atoms with Gasteiger partial charge in [-0.1, -0.05) is 25.1 Å². The van der Waals surface area contributed by atoms with E-state index in [4.69, 9.17) is 9.47 Å². The van der Waals surface area contributed by atoms with Gasteiger partial charge in [0.15, 0.2) is 11.5 Å². The second-order valence-electron chi connectivity index (χ2n) is 9.40. The summed E-state index contributed by atoms with van der Waals surface area (Å²) in [6.07, 6.45) is 3.60. The number of ether oxygens (including phenoxy) is 2. The molecule has 0 unspecified atom stereocenters. The molecule has 2 heterocycles. The highest BCUT2D eigenvalue weighted by molar-refractivity contribution is 5.94. The highest BCUT2D eigenvalue weighted by atomic mass is 16.5. The maximum Gasteiger partial charge on any atom is 0.253 e. The predicted octanol–water partition coefficient (Wildman–Crippen LogP) is 3.61. The van der Waals surface area contributed by atoms with Crippen molar-refractivity contribution in [2.24, 2.45) is 0 Å². The van der Waals surface area contributed by atoms with E-state index in [1.807, 2.05) is 52.3 Å². The Labute approximate surface area is 208 Å². The largest absolute Gasteiger partial charge is 0.493 e. The van der Waals surface area contributed by atoms with Crippen LogP contribution >= 0.6 is 0 Å². The molecular formula is C28H37N3O4. The summed E-state index contributed by atoms with van der Waals surface area (Å²) in [6, 6.07) is 13.8. The summed E-state index contributed by atoms with van der Waals surface area (Å²) in [4.78, 5) is 32.4. The van der Waals surface area contributed by atoms with Gasteiger partial charge in [0.2, 0.25) is 5.91 Å². The van der Waals surface area contributed by atoms with Crippen molar-refractivity contribution in [3.63, 3.8) is 0 Å². The van der Waals surface area contributed by atoms with Crippen LogP contribution in [0.1, 0.15) is 47.7 Å². The number of amides is 2. The molecule has 35 heavy (non-hydrogen) atoms. The van der Waals surface area contributed by atoms with Gasteiger partial charge in [0.1, 0.15) is 0 Å². The Morgan fingerprint density at radius 1 is 0.943 bits per heavy atom. The average molecular weight is 480 g/mol. The zero-order chi connectivity index (χ0) is 24.8. The molecule has 7 nitrogen and oxygen atoms in total. The smallest absolute Gasteiger partial charge is 0.253 e. The zero-order valence-electron chi connectivity index (χ0n) is 21.2. The minimum Gasteiger partial charge on any atom is -0.493 e. The highest BCUT2D eigenvalue weighted by Crippen LogP contribution is 2.33. The number of rotatable bonds is 8. The Bertz CT molecular complexity index is 1020. The van der Waals surface area contributed by atoms with Gasteiger partial charge in [0, 0.05) is 37.8 Å². The number of benzene rings is 2. The van der Waals surface area contributed by atoms with E-state index < -0.39 is 0 Å². The lowest BCUT2D eigenvalue weighted by Gasteiger charge is -2.39. The summed E-state index contributed by atoms with van der Waals surface area (Å²) in [7, 11) is 3.28. The van der Waals surface area contributed by atoms with Gasteiger partial charge in [-0.2, -0.15) is 0 Å². The summed E-state index contributed by atoms with van der Waals surface area (Å²) in [5, 5.41) is 0. The molecule has 0 aromatic heterocycles. The Morgan fingerprint density at radius 2 is 1.60 bits per heavy atom. The average Bonchev–Trinajstić information content (AvgIpc) is 2.91. The first-order valence-electron chi connectivity index (χ1n) is 12.6. The third-order valence-corrected chi connectivity index (χ3v) is 7.21. The summed E-state index contributed by atoms with van der Waals surface area (Å²) in [5.74, 6) is 1.70. The molecule has 0 atom stereocenters. The predicted molar refractivity (Wildman–Crippen MR) is 136 cm³/mol. The number of hydrogen-bond donors (Lipinski definition) is 0. The first kappa shape index (κ1) is 25.0. The van der Waals surface area contributed by atoms with E-state index >= 15 is 0 Å². The summed E-state index contributed by atoms with van der Waals surface area (Å²) in [5.41, 5.74) is 3.08. The molecule has 0 spiro atoms. The third kappa shape index (κ3) is 5.78. The Balaban J connectivity index is 1.36. The maximum atomic E-state index is 13.3. The number of carbonyl (C=O) groups is 2. The molecule has 0 aliphatic carbocycles. The standard InChI is InChI=1S/C28H37N3O4/c1-4-13-30(24-11-15-29(16-12-24)28(33)21-8-6-5-7-9-21)20-27(32)31-14-10-22-17-25(34-2)26(35-3)18-23(22)19-31/h5-9,17-18,24H,4,10-16,19-20H2,1-3H3. The van der Waals surface area contributed by atoms with Crippen molar-refractivity contribution in [3.05, 3.63) is 59.2 Å². The van der Waals surface area contributed by atoms with Crippen LogP contribution in [0.15, 0.2) is 42.5 Å². The molecule has 4 rings (SSSR count). The number of methoxy groups -OCH3 is 2. The van der Waals surface area contributed by atoms with Crippen LogP contribution in [0.4, 0.5) is 0 Å². The lowest BCUT2D eigenvalue weighted by atomic mass is 9.98. The first-order chi connectivity index (χ1) is 17.0. The van der Waals surface area contributed by atoms with Crippen molar-refractivity contribution in [2.45, 2.75) is 45.2 Å². The quantitative estimate of drug-likeness (QED) is 0.579. The lowest BCUT2D eigenvalue weighted by molar-refractivity contribution is -0.134.